The fraction of sp³-hybridized carbons (Fsp3) is 0.300. The first-order chi connectivity index (χ1) is 13.8. The Bertz CT molecular complexity index is 995. The van der Waals surface area contributed by atoms with Gasteiger partial charge in [0.2, 0.25) is 0 Å². The van der Waals surface area contributed by atoms with Crippen molar-refractivity contribution in [3.05, 3.63) is 52.6 Å². The van der Waals surface area contributed by atoms with Gasteiger partial charge in [0, 0.05) is 25.1 Å². The van der Waals surface area contributed by atoms with Gasteiger partial charge >= 0.3 is 0 Å². The first-order valence-electron chi connectivity index (χ1n) is 8.99. The minimum absolute atomic E-state index is 0.0174. The number of nitrogens with zero attached hydrogens (tertiary/aromatic N) is 1. The van der Waals surface area contributed by atoms with Gasteiger partial charge in [0.1, 0.15) is 29.2 Å². The molecule has 152 valence electrons. The summed E-state index contributed by atoms with van der Waals surface area (Å²) in [6.07, 6.45) is -0.275. The van der Waals surface area contributed by atoms with Crippen molar-refractivity contribution in [2.45, 2.75) is 13.0 Å². The third kappa shape index (κ3) is 3.85. The minimum atomic E-state index is -0.712. The molecule has 1 unspecified atom stereocenters. The maximum atomic E-state index is 14.4. The van der Waals surface area contributed by atoms with E-state index in [4.69, 9.17) is 21.1 Å². The topological polar surface area (TPSA) is 67.9 Å². The number of hydrogen-bond donors (Lipinski definition) is 1. The van der Waals surface area contributed by atoms with Gasteiger partial charge in [0.05, 0.1) is 16.3 Å². The molecule has 29 heavy (non-hydrogen) atoms. The number of amides is 2. The van der Waals surface area contributed by atoms with Crippen molar-refractivity contribution in [2.75, 3.05) is 25.0 Å². The molecule has 2 heterocycles. The largest absolute Gasteiger partial charge is 0.489 e. The van der Waals surface area contributed by atoms with Gasteiger partial charge in [-0.05, 0) is 31.2 Å². The molecule has 4 rings (SSSR count). The van der Waals surface area contributed by atoms with Gasteiger partial charge in [-0.1, -0.05) is 11.6 Å². The molecule has 9 heteroatoms. The van der Waals surface area contributed by atoms with E-state index < -0.39 is 17.5 Å². The second-order valence-corrected chi connectivity index (χ2v) is 7.44. The van der Waals surface area contributed by atoms with Gasteiger partial charge in [-0.15, -0.1) is 0 Å². The summed E-state index contributed by atoms with van der Waals surface area (Å²) in [6, 6.07) is 6.26. The van der Waals surface area contributed by atoms with Crippen LogP contribution in [-0.4, -0.2) is 42.5 Å². The zero-order chi connectivity index (χ0) is 20.7. The lowest BCUT2D eigenvalue weighted by Crippen LogP contribution is -2.55. The van der Waals surface area contributed by atoms with E-state index in [9.17, 15) is 18.4 Å². The fourth-order valence-electron chi connectivity index (χ4n) is 3.28. The number of rotatable bonds is 4. The summed E-state index contributed by atoms with van der Waals surface area (Å²) in [4.78, 5) is 25.6. The molecule has 1 atom stereocenters. The van der Waals surface area contributed by atoms with Crippen LogP contribution in [0.3, 0.4) is 0 Å². The molecule has 1 fully saturated rings. The lowest BCUT2D eigenvalue weighted by Gasteiger charge is -2.42. The second kappa shape index (κ2) is 7.51. The average Bonchev–Trinajstić information content (AvgIpc) is 2.62. The number of fused-ring (bicyclic) bond motifs is 1. The van der Waals surface area contributed by atoms with E-state index in [-0.39, 0.29) is 46.6 Å². The summed E-state index contributed by atoms with van der Waals surface area (Å²) >= 11 is 5.97. The van der Waals surface area contributed by atoms with Gasteiger partial charge < -0.3 is 19.7 Å². The highest BCUT2D eigenvalue weighted by Gasteiger charge is 2.37. The van der Waals surface area contributed by atoms with Crippen LogP contribution in [0.15, 0.2) is 30.3 Å². The van der Waals surface area contributed by atoms with Crippen molar-refractivity contribution in [1.29, 1.82) is 0 Å². The van der Waals surface area contributed by atoms with Gasteiger partial charge in [-0.3, -0.25) is 9.59 Å². The summed E-state index contributed by atoms with van der Waals surface area (Å²) in [6.45, 7) is 2.39. The lowest BCUT2D eigenvalue weighted by molar-refractivity contribution is -0.118. The summed E-state index contributed by atoms with van der Waals surface area (Å²) in [7, 11) is 0. The quantitative estimate of drug-likeness (QED) is 0.819. The van der Waals surface area contributed by atoms with Crippen LogP contribution in [0.2, 0.25) is 5.02 Å². The molecule has 6 nitrogen and oxygen atoms in total. The van der Waals surface area contributed by atoms with Crippen LogP contribution in [0.1, 0.15) is 17.3 Å². The smallest absolute Gasteiger partial charge is 0.262 e. The predicted octanol–water partition coefficient (Wildman–Crippen LogP) is 3.49. The lowest BCUT2D eigenvalue weighted by atomic mass is 9.93. The minimum Gasteiger partial charge on any atom is -0.489 e. The van der Waals surface area contributed by atoms with Crippen molar-refractivity contribution in [2.24, 2.45) is 5.92 Å². The maximum Gasteiger partial charge on any atom is 0.262 e. The predicted molar refractivity (Wildman–Crippen MR) is 101 cm³/mol. The summed E-state index contributed by atoms with van der Waals surface area (Å²) in [5.41, 5.74) is 0.133. The van der Waals surface area contributed by atoms with Crippen LogP contribution in [-0.2, 0) is 4.79 Å². The summed E-state index contributed by atoms with van der Waals surface area (Å²) < 4.78 is 38.4. The monoisotopic (exact) mass is 422 g/mol. The highest BCUT2D eigenvalue weighted by molar-refractivity contribution is 6.32. The normalized spacial score (nSPS) is 17.0. The first kappa shape index (κ1) is 19.4. The fourth-order valence-corrected chi connectivity index (χ4v) is 3.49. The number of benzene rings is 2. The Kier molecular flexibility index (Phi) is 5.04. The average molecular weight is 423 g/mol. The van der Waals surface area contributed by atoms with Crippen LogP contribution in [0.25, 0.3) is 0 Å². The Morgan fingerprint density at radius 2 is 2.07 bits per heavy atom. The molecule has 1 saturated heterocycles. The number of anilines is 1. The molecular formula is C20H17ClF2N2O4. The van der Waals surface area contributed by atoms with E-state index in [1.807, 2.05) is 6.92 Å². The third-order valence-electron chi connectivity index (χ3n) is 5.00. The maximum absolute atomic E-state index is 14.4. The van der Waals surface area contributed by atoms with Crippen molar-refractivity contribution < 1.29 is 27.8 Å². The molecule has 2 aromatic carbocycles. The number of carbonyl (C=O) groups is 2. The molecule has 2 aliphatic rings. The number of ether oxygens (including phenoxy) is 2. The Balaban J connectivity index is 1.40. The zero-order valence-electron chi connectivity index (χ0n) is 15.4. The molecule has 0 aliphatic carbocycles. The Morgan fingerprint density at radius 1 is 1.31 bits per heavy atom. The summed E-state index contributed by atoms with van der Waals surface area (Å²) in [5.74, 6) is -1.44. The third-order valence-corrected chi connectivity index (χ3v) is 5.30. The molecule has 2 aromatic rings. The van der Waals surface area contributed by atoms with Gasteiger partial charge in [-0.2, -0.15) is 0 Å². The Morgan fingerprint density at radius 3 is 2.79 bits per heavy atom. The molecule has 0 spiro atoms. The molecule has 0 aromatic heterocycles. The SMILES string of the molecule is CC(Oc1ccc(F)cc1Cl)C1CN(C(=O)c2cc3c(cc2F)OCC(=O)N3)C1. The van der Waals surface area contributed by atoms with Crippen molar-refractivity contribution in [3.8, 4) is 11.5 Å². The van der Waals surface area contributed by atoms with Crippen molar-refractivity contribution >= 4 is 29.1 Å². The van der Waals surface area contributed by atoms with E-state index in [0.29, 0.717) is 18.8 Å². The van der Waals surface area contributed by atoms with E-state index in [0.717, 1.165) is 6.07 Å². The van der Waals surface area contributed by atoms with Gasteiger partial charge in [0.15, 0.2) is 6.61 Å². The van der Waals surface area contributed by atoms with Gasteiger partial charge in [-0.25, -0.2) is 8.78 Å². The standard InChI is InChI=1S/C20H17ClF2N2O4/c1-10(29-17-3-2-12(22)4-14(17)21)11-7-25(8-11)20(27)13-5-16-18(6-15(13)23)28-9-19(26)24-16/h2-6,10-11H,7-9H2,1H3,(H,24,26). The number of halogens is 3. The highest BCUT2D eigenvalue weighted by Crippen LogP contribution is 2.33. The number of hydrogen-bond acceptors (Lipinski definition) is 4. The highest BCUT2D eigenvalue weighted by atomic mass is 35.5. The molecule has 0 bridgehead atoms. The number of likely N-dealkylation sites (tertiary alicyclic amines) is 1. The first-order valence-corrected chi connectivity index (χ1v) is 9.37. The van der Waals surface area contributed by atoms with Gasteiger partial charge in [0.25, 0.3) is 11.8 Å². The molecule has 0 saturated carbocycles. The van der Waals surface area contributed by atoms with Crippen LogP contribution < -0.4 is 14.8 Å². The number of carbonyl (C=O) groups excluding carboxylic acids is 2. The summed E-state index contributed by atoms with van der Waals surface area (Å²) in [5, 5.41) is 2.73. The van der Waals surface area contributed by atoms with E-state index in [2.05, 4.69) is 5.32 Å². The number of nitrogens with one attached hydrogen (secondary N) is 1. The second-order valence-electron chi connectivity index (χ2n) is 7.03. The zero-order valence-corrected chi connectivity index (χ0v) is 16.1. The van der Waals surface area contributed by atoms with Crippen LogP contribution in [0.4, 0.5) is 14.5 Å². The van der Waals surface area contributed by atoms with E-state index in [1.54, 1.807) is 0 Å². The van der Waals surface area contributed by atoms with Crippen LogP contribution in [0, 0.1) is 17.6 Å². The molecule has 2 amide bonds. The van der Waals surface area contributed by atoms with Crippen molar-refractivity contribution in [3.63, 3.8) is 0 Å². The Labute approximate surface area is 170 Å². The molecule has 2 aliphatic heterocycles. The van der Waals surface area contributed by atoms with E-state index in [1.165, 1.54) is 29.2 Å². The van der Waals surface area contributed by atoms with Crippen molar-refractivity contribution in [1.82, 2.24) is 4.90 Å². The molecule has 0 radical (unpaired) electrons. The van der Waals surface area contributed by atoms with Crippen LogP contribution in [0.5, 0.6) is 11.5 Å². The molecular weight excluding hydrogens is 406 g/mol. The Hall–Kier alpha value is -2.87. The van der Waals surface area contributed by atoms with Crippen LogP contribution >= 0.6 is 11.6 Å². The molecule has 1 N–H and O–H groups in total. The van der Waals surface area contributed by atoms with E-state index >= 15 is 0 Å².